The van der Waals surface area contributed by atoms with Crippen LogP contribution in [0.1, 0.15) is 19.8 Å². The van der Waals surface area contributed by atoms with Gasteiger partial charge in [0, 0.05) is 24.2 Å². The van der Waals surface area contributed by atoms with Gasteiger partial charge in [0.25, 0.3) is 0 Å². The largest absolute Gasteiger partial charge is 0.382 e. The summed E-state index contributed by atoms with van der Waals surface area (Å²) in [6.07, 6.45) is 3.55. The number of halogens is 2. The maximum Gasteiger partial charge on any atom is 0.202 e. The van der Waals surface area contributed by atoms with E-state index in [4.69, 9.17) is 34.7 Å². The number of hydrogen-bond acceptors (Lipinski definition) is 7. The highest BCUT2D eigenvalue weighted by Gasteiger charge is 2.27. The molecular formula is C16H18Cl2N8. The summed E-state index contributed by atoms with van der Waals surface area (Å²) in [5, 5.41) is 7.73. The van der Waals surface area contributed by atoms with E-state index in [1.165, 1.54) is 0 Å². The molecule has 8 nitrogen and oxygen atoms in total. The molecule has 0 saturated carbocycles. The van der Waals surface area contributed by atoms with Crippen molar-refractivity contribution in [1.82, 2.24) is 25.1 Å². The molecule has 0 radical (unpaired) electrons. The first-order valence-corrected chi connectivity index (χ1v) is 8.96. The summed E-state index contributed by atoms with van der Waals surface area (Å²) in [4.78, 5) is 15.3. The molecule has 4 rings (SSSR count). The van der Waals surface area contributed by atoms with Crippen molar-refractivity contribution in [2.45, 2.75) is 25.3 Å². The maximum absolute atomic E-state index is 6.27. The monoisotopic (exact) mass is 392 g/mol. The molecule has 3 aromatic rings. The van der Waals surface area contributed by atoms with Crippen LogP contribution in [0.15, 0.2) is 12.3 Å². The lowest BCUT2D eigenvalue weighted by Gasteiger charge is -2.37. The van der Waals surface area contributed by atoms with Gasteiger partial charge in [-0.05, 0) is 25.8 Å². The Labute approximate surface area is 159 Å². The van der Waals surface area contributed by atoms with Crippen molar-refractivity contribution < 1.29 is 0 Å². The summed E-state index contributed by atoms with van der Waals surface area (Å²) < 4.78 is 0. The number of fused-ring (bicyclic) bond motifs is 1. The molecule has 5 N–H and O–H groups in total. The predicted molar refractivity (Wildman–Crippen MR) is 103 cm³/mol. The van der Waals surface area contributed by atoms with E-state index in [1.54, 1.807) is 12.3 Å². The highest BCUT2D eigenvalue weighted by Crippen LogP contribution is 2.35. The van der Waals surface area contributed by atoms with Gasteiger partial charge in [-0.1, -0.05) is 23.2 Å². The normalized spacial score (nSPS) is 17.0. The van der Waals surface area contributed by atoms with E-state index in [0.717, 1.165) is 31.7 Å². The maximum atomic E-state index is 6.27. The molecule has 0 spiro atoms. The highest BCUT2D eigenvalue weighted by molar-refractivity contribution is 6.37. The third kappa shape index (κ3) is 3.04. The molecule has 3 aromatic heterocycles. The van der Waals surface area contributed by atoms with Crippen molar-refractivity contribution in [1.29, 1.82) is 0 Å². The molecule has 136 valence electrons. The molecule has 0 aliphatic carbocycles. The first-order valence-electron chi connectivity index (χ1n) is 8.21. The first-order chi connectivity index (χ1) is 12.3. The number of nitrogens with one attached hydrogen (secondary N) is 1. The van der Waals surface area contributed by atoms with Crippen LogP contribution in [0, 0.1) is 0 Å². The molecule has 0 atom stereocenters. The Morgan fingerprint density at radius 2 is 1.96 bits per heavy atom. The number of hydrogen-bond donors (Lipinski definition) is 3. The van der Waals surface area contributed by atoms with E-state index in [2.05, 4.69) is 37.0 Å². The summed E-state index contributed by atoms with van der Waals surface area (Å²) in [5.41, 5.74) is 14.2. The average molecular weight is 393 g/mol. The molecule has 0 amide bonds. The van der Waals surface area contributed by atoms with Crippen molar-refractivity contribution >= 4 is 46.0 Å². The Kier molecular flexibility index (Phi) is 4.13. The van der Waals surface area contributed by atoms with Gasteiger partial charge in [0.2, 0.25) is 5.65 Å². The van der Waals surface area contributed by atoms with E-state index in [0.29, 0.717) is 27.4 Å². The summed E-state index contributed by atoms with van der Waals surface area (Å²) in [5.74, 6) is 0.934. The zero-order chi connectivity index (χ0) is 18.5. The highest BCUT2D eigenvalue weighted by atomic mass is 35.5. The van der Waals surface area contributed by atoms with Gasteiger partial charge in [-0.2, -0.15) is 5.10 Å². The molecule has 4 heterocycles. The lowest BCUT2D eigenvalue weighted by molar-refractivity contribution is 0.363. The Bertz CT molecular complexity index is 974. The third-order valence-electron chi connectivity index (χ3n) is 4.70. The number of pyridine rings is 1. The molecule has 1 aliphatic heterocycles. The topological polar surface area (TPSA) is 123 Å². The third-order valence-corrected chi connectivity index (χ3v) is 5.29. The van der Waals surface area contributed by atoms with Crippen LogP contribution in [0.4, 0.5) is 11.6 Å². The zero-order valence-electron chi connectivity index (χ0n) is 14.1. The Hall–Kier alpha value is -2.16. The van der Waals surface area contributed by atoms with Gasteiger partial charge in [-0.15, -0.1) is 0 Å². The van der Waals surface area contributed by atoms with Crippen molar-refractivity contribution in [3.05, 3.63) is 22.4 Å². The van der Waals surface area contributed by atoms with E-state index in [-0.39, 0.29) is 16.5 Å². The van der Waals surface area contributed by atoms with Crippen LogP contribution >= 0.6 is 23.2 Å². The second kappa shape index (κ2) is 6.22. The predicted octanol–water partition coefficient (Wildman–Crippen LogP) is 2.62. The number of nitrogens with two attached hydrogens (primary N) is 2. The number of rotatable bonds is 2. The number of H-pyrrole nitrogens is 1. The summed E-state index contributed by atoms with van der Waals surface area (Å²) >= 11 is 12.3. The van der Waals surface area contributed by atoms with Crippen LogP contribution in [0.25, 0.3) is 22.4 Å². The quantitative estimate of drug-likeness (QED) is 0.572. The number of anilines is 2. The van der Waals surface area contributed by atoms with Crippen molar-refractivity contribution in [3.8, 4) is 11.3 Å². The Morgan fingerprint density at radius 1 is 1.23 bits per heavy atom. The van der Waals surface area contributed by atoms with Crippen molar-refractivity contribution in [2.75, 3.05) is 23.7 Å². The molecule has 0 unspecified atom stereocenters. The number of aromatic nitrogens is 5. The van der Waals surface area contributed by atoms with E-state index >= 15 is 0 Å². The molecule has 1 aliphatic rings. The fourth-order valence-electron chi connectivity index (χ4n) is 3.07. The van der Waals surface area contributed by atoms with Crippen LogP contribution in [0.2, 0.25) is 10.2 Å². The zero-order valence-corrected chi connectivity index (χ0v) is 15.6. The Balaban J connectivity index is 1.71. The average Bonchev–Trinajstić information content (AvgIpc) is 3.01. The van der Waals surface area contributed by atoms with Crippen molar-refractivity contribution in [3.63, 3.8) is 0 Å². The van der Waals surface area contributed by atoms with Crippen LogP contribution in [0.5, 0.6) is 0 Å². The lowest BCUT2D eigenvalue weighted by Crippen LogP contribution is -2.48. The summed E-state index contributed by atoms with van der Waals surface area (Å²) in [6, 6.07) is 1.62. The second-order valence-corrected chi connectivity index (χ2v) is 7.60. The molecule has 1 saturated heterocycles. The van der Waals surface area contributed by atoms with E-state index in [1.807, 2.05) is 0 Å². The summed E-state index contributed by atoms with van der Waals surface area (Å²) in [6.45, 7) is 3.76. The number of nitrogens with zero attached hydrogens (tertiary/aromatic N) is 5. The van der Waals surface area contributed by atoms with Gasteiger partial charge in [-0.25, -0.2) is 15.0 Å². The van der Waals surface area contributed by atoms with Crippen LogP contribution in [0.3, 0.4) is 0 Å². The standard InChI is InChI=1S/C16H18Cl2N8/c1-16(20)2-4-26(5-3-16)10-7-21-13-12(24-25-15(13)23-10)8-6-9(17)22-14(19)11(8)18/h6-7H,2-5,20H2,1H3,(H2,19,22)(H,23,24,25). The van der Waals surface area contributed by atoms with Gasteiger partial charge < -0.3 is 16.4 Å². The van der Waals surface area contributed by atoms with Crippen LogP contribution in [-0.4, -0.2) is 43.8 Å². The van der Waals surface area contributed by atoms with Gasteiger partial charge in [0.05, 0.1) is 16.9 Å². The minimum absolute atomic E-state index is 0.120. The van der Waals surface area contributed by atoms with Gasteiger partial charge in [-0.3, -0.25) is 5.10 Å². The number of nitrogen functional groups attached to an aromatic ring is 1. The smallest absolute Gasteiger partial charge is 0.202 e. The van der Waals surface area contributed by atoms with Gasteiger partial charge in [0.15, 0.2) is 0 Å². The number of piperidine rings is 1. The van der Waals surface area contributed by atoms with Crippen LogP contribution < -0.4 is 16.4 Å². The first kappa shape index (κ1) is 17.3. The van der Waals surface area contributed by atoms with Gasteiger partial charge in [0.1, 0.15) is 22.3 Å². The molecule has 1 fully saturated rings. The SMILES string of the molecule is CC1(N)CCN(c2cnc3c(-c4cc(Cl)nc(N)c4Cl)[nH]nc3n2)CC1. The minimum atomic E-state index is -0.120. The van der Waals surface area contributed by atoms with Crippen LogP contribution in [-0.2, 0) is 0 Å². The molecule has 0 bridgehead atoms. The van der Waals surface area contributed by atoms with Crippen molar-refractivity contribution in [2.24, 2.45) is 5.73 Å². The minimum Gasteiger partial charge on any atom is -0.382 e. The fraction of sp³-hybridized carbons (Fsp3) is 0.375. The fourth-order valence-corrected chi connectivity index (χ4v) is 3.46. The molecule has 0 aromatic carbocycles. The number of aromatic amines is 1. The lowest BCUT2D eigenvalue weighted by atomic mass is 9.91. The molecular weight excluding hydrogens is 375 g/mol. The van der Waals surface area contributed by atoms with E-state index in [9.17, 15) is 0 Å². The summed E-state index contributed by atoms with van der Waals surface area (Å²) in [7, 11) is 0. The van der Waals surface area contributed by atoms with Gasteiger partial charge >= 0.3 is 0 Å². The van der Waals surface area contributed by atoms with E-state index < -0.39 is 0 Å². The Morgan fingerprint density at radius 3 is 2.69 bits per heavy atom. The second-order valence-electron chi connectivity index (χ2n) is 6.83. The molecule has 10 heteroatoms. The molecule has 26 heavy (non-hydrogen) atoms.